The summed E-state index contributed by atoms with van der Waals surface area (Å²) in [6.45, 7) is 0.778. The SMILES string of the molecule is Fc1cc(C2CCCCN2)c(F)c(Br)c1F. The molecule has 0 amide bonds. The van der Waals surface area contributed by atoms with Gasteiger partial charge in [-0.2, -0.15) is 0 Å². The molecule has 1 atom stereocenters. The van der Waals surface area contributed by atoms with Crippen LogP contribution in [0.1, 0.15) is 30.9 Å². The number of hydrogen-bond acceptors (Lipinski definition) is 1. The first-order valence-corrected chi connectivity index (χ1v) is 5.97. The fourth-order valence-corrected chi connectivity index (χ4v) is 2.38. The van der Waals surface area contributed by atoms with Gasteiger partial charge in [-0.15, -0.1) is 0 Å². The Morgan fingerprint density at radius 1 is 1.19 bits per heavy atom. The van der Waals surface area contributed by atoms with Crippen LogP contribution in [0.5, 0.6) is 0 Å². The Bertz CT molecular complexity index is 403. The Morgan fingerprint density at radius 3 is 2.56 bits per heavy atom. The average molecular weight is 294 g/mol. The molecule has 0 radical (unpaired) electrons. The zero-order valence-electron chi connectivity index (χ0n) is 8.49. The standard InChI is InChI=1S/C11H11BrF3N/c12-9-10(14)6(5-7(13)11(9)15)8-3-1-2-4-16-8/h5,8,16H,1-4H2. The van der Waals surface area contributed by atoms with E-state index in [0.717, 1.165) is 31.9 Å². The van der Waals surface area contributed by atoms with Crippen molar-refractivity contribution < 1.29 is 13.2 Å². The number of benzene rings is 1. The van der Waals surface area contributed by atoms with Gasteiger partial charge in [0.1, 0.15) is 5.82 Å². The van der Waals surface area contributed by atoms with Gasteiger partial charge in [-0.05, 0) is 41.4 Å². The van der Waals surface area contributed by atoms with Crippen molar-refractivity contribution >= 4 is 15.9 Å². The van der Waals surface area contributed by atoms with Gasteiger partial charge in [-0.1, -0.05) is 6.42 Å². The second-order valence-corrected chi connectivity index (χ2v) is 4.69. The fraction of sp³-hybridized carbons (Fsp3) is 0.455. The van der Waals surface area contributed by atoms with Gasteiger partial charge >= 0.3 is 0 Å². The van der Waals surface area contributed by atoms with Gasteiger partial charge in [0, 0.05) is 11.6 Å². The molecule has 1 unspecified atom stereocenters. The van der Waals surface area contributed by atoms with Gasteiger partial charge in [0.25, 0.3) is 0 Å². The molecule has 1 aliphatic heterocycles. The Labute approximate surface area is 100 Å². The molecule has 1 fully saturated rings. The van der Waals surface area contributed by atoms with Crippen LogP contribution in [0.25, 0.3) is 0 Å². The Balaban J connectivity index is 2.40. The molecule has 0 bridgehead atoms. The van der Waals surface area contributed by atoms with E-state index in [1.165, 1.54) is 0 Å². The summed E-state index contributed by atoms with van der Waals surface area (Å²) in [7, 11) is 0. The van der Waals surface area contributed by atoms with Gasteiger partial charge < -0.3 is 5.32 Å². The summed E-state index contributed by atoms with van der Waals surface area (Å²) in [6.07, 6.45) is 2.74. The summed E-state index contributed by atoms with van der Waals surface area (Å²) >= 11 is 2.73. The second-order valence-electron chi connectivity index (χ2n) is 3.89. The van der Waals surface area contributed by atoms with E-state index in [4.69, 9.17) is 0 Å². The van der Waals surface area contributed by atoms with Crippen LogP contribution in [0.2, 0.25) is 0 Å². The first kappa shape index (κ1) is 11.9. The molecule has 88 valence electrons. The van der Waals surface area contributed by atoms with E-state index in [1.807, 2.05) is 0 Å². The van der Waals surface area contributed by atoms with Crippen molar-refractivity contribution in [2.75, 3.05) is 6.54 Å². The van der Waals surface area contributed by atoms with Crippen molar-refractivity contribution in [3.05, 3.63) is 33.6 Å². The minimum absolute atomic E-state index is 0.200. The lowest BCUT2D eigenvalue weighted by Gasteiger charge is -2.24. The minimum atomic E-state index is -1.17. The van der Waals surface area contributed by atoms with Crippen molar-refractivity contribution in [2.45, 2.75) is 25.3 Å². The number of halogens is 4. The van der Waals surface area contributed by atoms with Crippen LogP contribution < -0.4 is 5.32 Å². The smallest absolute Gasteiger partial charge is 0.175 e. The lowest BCUT2D eigenvalue weighted by molar-refractivity contribution is 0.392. The normalized spacial score (nSPS) is 21.1. The second kappa shape index (κ2) is 4.75. The molecule has 16 heavy (non-hydrogen) atoms. The third kappa shape index (κ3) is 2.11. The van der Waals surface area contributed by atoms with E-state index < -0.39 is 21.9 Å². The Kier molecular flexibility index (Phi) is 3.54. The molecule has 1 heterocycles. The third-order valence-electron chi connectivity index (χ3n) is 2.82. The van der Waals surface area contributed by atoms with Crippen molar-refractivity contribution in [2.24, 2.45) is 0 Å². The molecule has 2 rings (SSSR count). The van der Waals surface area contributed by atoms with Crippen LogP contribution >= 0.6 is 15.9 Å². The fourth-order valence-electron chi connectivity index (χ4n) is 1.96. The molecule has 5 heteroatoms. The quantitative estimate of drug-likeness (QED) is 0.615. The zero-order valence-corrected chi connectivity index (χ0v) is 10.1. The molecule has 0 aromatic heterocycles. The Hall–Kier alpha value is -0.550. The molecular weight excluding hydrogens is 283 g/mol. The van der Waals surface area contributed by atoms with Crippen molar-refractivity contribution in [1.82, 2.24) is 5.32 Å². The molecule has 1 aliphatic rings. The highest BCUT2D eigenvalue weighted by Crippen LogP contribution is 2.31. The molecule has 1 saturated heterocycles. The number of hydrogen-bond donors (Lipinski definition) is 1. The molecule has 0 saturated carbocycles. The van der Waals surface area contributed by atoms with Gasteiger partial charge in [-0.25, -0.2) is 13.2 Å². The molecule has 0 spiro atoms. The molecule has 1 nitrogen and oxygen atoms in total. The van der Waals surface area contributed by atoms with E-state index >= 15 is 0 Å². The van der Waals surface area contributed by atoms with Gasteiger partial charge in [-0.3, -0.25) is 0 Å². The number of rotatable bonds is 1. The van der Waals surface area contributed by atoms with Crippen LogP contribution in [0.15, 0.2) is 10.5 Å². The first-order chi connectivity index (χ1) is 7.61. The van der Waals surface area contributed by atoms with Crippen LogP contribution in [0.4, 0.5) is 13.2 Å². The van der Waals surface area contributed by atoms with Crippen LogP contribution in [0.3, 0.4) is 0 Å². The van der Waals surface area contributed by atoms with Crippen molar-refractivity contribution in [1.29, 1.82) is 0 Å². The summed E-state index contributed by atoms with van der Waals surface area (Å²) < 4.78 is 39.5. The molecule has 1 N–H and O–H groups in total. The van der Waals surface area contributed by atoms with Gasteiger partial charge in [0.05, 0.1) is 4.47 Å². The van der Waals surface area contributed by atoms with Crippen molar-refractivity contribution in [3.8, 4) is 0 Å². The molecule has 0 aliphatic carbocycles. The average Bonchev–Trinajstić information content (AvgIpc) is 2.32. The van der Waals surface area contributed by atoms with Crippen LogP contribution in [-0.2, 0) is 0 Å². The summed E-state index contributed by atoms with van der Waals surface area (Å²) in [6, 6.07) is 0.721. The Morgan fingerprint density at radius 2 is 1.94 bits per heavy atom. The number of piperidine rings is 1. The summed E-state index contributed by atoms with van der Waals surface area (Å²) in [5.74, 6) is -2.90. The van der Waals surface area contributed by atoms with E-state index in [9.17, 15) is 13.2 Å². The summed E-state index contributed by atoms with van der Waals surface area (Å²) in [5.41, 5.74) is 0.200. The highest BCUT2D eigenvalue weighted by Gasteiger charge is 2.23. The van der Waals surface area contributed by atoms with Crippen molar-refractivity contribution in [3.63, 3.8) is 0 Å². The predicted molar refractivity (Wildman–Crippen MR) is 58.6 cm³/mol. The summed E-state index contributed by atoms with van der Waals surface area (Å²) in [5, 5.41) is 3.10. The maximum Gasteiger partial charge on any atom is 0.175 e. The maximum absolute atomic E-state index is 13.7. The first-order valence-electron chi connectivity index (χ1n) is 5.17. The highest BCUT2D eigenvalue weighted by atomic mass is 79.9. The minimum Gasteiger partial charge on any atom is -0.310 e. The lowest BCUT2D eigenvalue weighted by Crippen LogP contribution is -2.27. The van der Waals surface area contributed by atoms with Crippen LogP contribution in [0, 0.1) is 17.5 Å². The number of nitrogens with one attached hydrogen (secondary N) is 1. The van der Waals surface area contributed by atoms with Gasteiger partial charge in [0.15, 0.2) is 11.6 Å². The van der Waals surface area contributed by atoms with E-state index in [0.29, 0.717) is 0 Å². The molecule has 1 aromatic carbocycles. The predicted octanol–water partition coefficient (Wildman–Crippen LogP) is 3.68. The lowest BCUT2D eigenvalue weighted by atomic mass is 9.97. The van der Waals surface area contributed by atoms with E-state index in [2.05, 4.69) is 21.2 Å². The largest absolute Gasteiger partial charge is 0.310 e. The topological polar surface area (TPSA) is 12.0 Å². The van der Waals surface area contributed by atoms with Gasteiger partial charge in [0.2, 0.25) is 0 Å². The molecule has 1 aromatic rings. The monoisotopic (exact) mass is 293 g/mol. The summed E-state index contributed by atoms with van der Waals surface area (Å²) in [4.78, 5) is 0. The zero-order chi connectivity index (χ0) is 11.7. The maximum atomic E-state index is 13.7. The third-order valence-corrected chi connectivity index (χ3v) is 3.51. The van der Waals surface area contributed by atoms with E-state index in [-0.39, 0.29) is 11.6 Å². The van der Waals surface area contributed by atoms with Crippen LogP contribution in [-0.4, -0.2) is 6.54 Å². The highest BCUT2D eigenvalue weighted by molar-refractivity contribution is 9.10. The molecular formula is C11H11BrF3N. The van der Waals surface area contributed by atoms with E-state index in [1.54, 1.807) is 0 Å².